The third kappa shape index (κ3) is 4.43. The normalized spacial score (nSPS) is 12.3. The number of aromatic nitrogens is 1. The molecule has 1 unspecified atom stereocenters. The second-order valence-corrected chi connectivity index (χ2v) is 4.67. The van der Waals surface area contributed by atoms with Crippen LogP contribution in [-0.2, 0) is 4.79 Å². The minimum absolute atomic E-state index is 0.00348. The van der Waals surface area contributed by atoms with Crippen LogP contribution in [0.5, 0.6) is 0 Å². The van der Waals surface area contributed by atoms with E-state index in [0.717, 1.165) is 11.4 Å². The van der Waals surface area contributed by atoms with Crippen LogP contribution >= 0.6 is 0 Å². The Labute approximate surface area is 103 Å². The van der Waals surface area contributed by atoms with E-state index in [9.17, 15) is 4.79 Å². The van der Waals surface area contributed by atoms with Crippen LogP contribution < -0.4 is 10.6 Å². The molecule has 1 atom stereocenters. The second-order valence-electron chi connectivity index (χ2n) is 4.67. The van der Waals surface area contributed by atoms with Crippen LogP contribution in [-0.4, -0.2) is 23.5 Å². The minimum atomic E-state index is -0.276. The van der Waals surface area contributed by atoms with Crippen LogP contribution in [0.25, 0.3) is 0 Å². The maximum Gasteiger partial charge on any atom is 0.242 e. The van der Waals surface area contributed by atoms with Gasteiger partial charge in [0.05, 0.1) is 0 Å². The molecule has 0 bridgehead atoms. The summed E-state index contributed by atoms with van der Waals surface area (Å²) in [5.74, 6) is 1.23. The van der Waals surface area contributed by atoms with Crippen molar-refractivity contribution in [1.82, 2.24) is 10.3 Å². The van der Waals surface area contributed by atoms with E-state index >= 15 is 0 Å². The highest BCUT2D eigenvalue weighted by Crippen LogP contribution is 2.10. The van der Waals surface area contributed by atoms with Gasteiger partial charge < -0.3 is 10.6 Å². The molecule has 0 fully saturated rings. The molecule has 0 aliphatic heterocycles. The lowest BCUT2D eigenvalue weighted by atomic mass is 10.2. The second kappa shape index (κ2) is 6.23. The number of nitrogens with one attached hydrogen (secondary N) is 2. The molecule has 0 radical (unpaired) electrons. The van der Waals surface area contributed by atoms with Crippen molar-refractivity contribution in [2.75, 3.05) is 11.9 Å². The van der Waals surface area contributed by atoms with Crippen molar-refractivity contribution in [2.45, 2.75) is 33.7 Å². The van der Waals surface area contributed by atoms with Crippen molar-refractivity contribution in [1.29, 1.82) is 0 Å². The molecule has 2 N–H and O–H groups in total. The zero-order chi connectivity index (χ0) is 12.8. The molecule has 1 amide bonds. The van der Waals surface area contributed by atoms with E-state index in [1.165, 1.54) is 0 Å². The maximum atomic E-state index is 11.8. The molecular formula is C13H21N3O. The lowest BCUT2D eigenvalue weighted by molar-refractivity contribution is -0.121. The summed E-state index contributed by atoms with van der Waals surface area (Å²) in [6.45, 7) is 8.65. The highest BCUT2D eigenvalue weighted by atomic mass is 16.2. The number of amides is 1. The minimum Gasteiger partial charge on any atom is -0.358 e. The Morgan fingerprint density at radius 3 is 2.71 bits per heavy atom. The molecule has 0 saturated heterocycles. The van der Waals surface area contributed by atoms with Gasteiger partial charge in [0, 0.05) is 12.7 Å². The molecule has 0 aliphatic carbocycles. The predicted octanol–water partition coefficient (Wildman–Crippen LogP) is 1.96. The highest BCUT2D eigenvalue weighted by molar-refractivity contribution is 5.84. The summed E-state index contributed by atoms with van der Waals surface area (Å²) < 4.78 is 0. The van der Waals surface area contributed by atoms with Crippen molar-refractivity contribution < 1.29 is 4.79 Å². The number of aryl methyl sites for hydroxylation is 1. The molecule has 4 heteroatoms. The van der Waals surface area contributed by atoms with Gasteiger partial charge in [0.1, 0.15) is 11.9 Å². The van der Waals surface area contributed by atoms with Crippen LogP contribution in [0.15, 0.2) is 18.3 Å². The fourth-order valence-corrected chi connectivity index (χ4v) is 1.37. The Balaban J connectivity index is 2.51. The Morgan fingerprint density at radius 2 is 2.12 bits per heavy atom. The lowest BCUT2D eigenvalue weighted by Crippen LogP contribution is -2.39. The molecule has 94 valence electrons. The molecule has 17 heavy (non-hydrogen) atoms. The molecule has 0 aliphatic rings. The first-order valence-corrected chi connectivity index (χ1v) is 5.96. The van der Waals surface area contributed by atoms with Crippen LogP contribution in [0.4, 0.5) is 5.82 Å². The van der Waals surface area contributed by atoms with Gasteiger partial charge in [-0.05, 0) is 31.4 Å². The van der Waals surface area contributed by atoms with Gasteiger partial charge in [0.15, 0.2) is 0 Å². The van der Waals surface area contributed by atoms with Crippen molar-refractivity contribution in [3.63, 3.8) is 0 Å². The average Bonchev–Trinajstić information content (AvgIpc) is 2.28. The Hall–Kier alpha value is -1.58. The van der Waals surface area contributed by atoms with E-state index in [0.29, 0.717) is 12.5 Å². The van der Waals surface area contributed by atoms with E-state index < -0.39 is 0 Å². The van der Waals surface area contributed by atoms with Gasteiger partial charge in [0.2, 0.25) is 5.91 Å². The first kappa shape index (κ1) is 13.5. The molecule has 1 aromatic rings. The van der Waals surface area contributed by atoms with Crippen molar-refractivity contribution >= 4 is 11.7 Å². The summed E-state index contributed by atoms with van der Waals surface area (Å²) in [6.07, 6.45) is 1.72. The first-order chi connectivity index (χ1) is 8.00. The van der Waals surface area contributed by atoms with Gasteiger partial charge in [-0.25, -0.2) is 4.98 Å². The molecule has 1 heterocycles. The number of hydrogen-bond donors (Lipinski definition) is 2. The van der Waals surface area contributed by atoms with Crippen molar-refractivity contribution in [2.24, 2.45) is 5.92 Å². The third-order valence-corrected chi connectivity index (χ3v) is 2.44. The first-order valence-electron chi connectivity index (χ1n) is 5.96. The highest BCUT2D eigenvalue weighted by Gasteiger charge is 2.13. The van der Waals surface area contributed by atoms with E-state index in [1.807, 2.05) is 26.0 Å². The number of rotatable bonds is 5. The summed E-state index contributed by atoms with van der Waals surface area (Å²) in [6, 6.07) is 3.57. The zero-order valence-corrected chi connectivity index (χ0v) is 10.9. The number of anilines is 1. The maximum absolute atomic E-state index is 11.8. The van der Waals surface area contributed by atoms with Crippen LogP contribution in [0.3, 0.4) is 0 Å². The molecule has 1 aromatic heterocycles. The Morgan fingerprint density at radius 1 is 1.41 bits per heavy atom. The topological polar surface area (TPSA) is 54.0 Å². The lowest BCUT2D eigenvalue weighted by Gasteiger charge is -2.16. The van der Waals surface area contributed by atoms with Crippen LogP contribution in [0.1, 0.15) is 26.3 Å². The van der Waals surface area contributed by atoms with Crippen molar-refractivity contribution in [3.05, 3.63) is 23.9 Å². The van der Waals surface area contributed by atoms with Gasteiger partial charge in [0.25, 0.3) is 0 Å². The van der Waals surface area contributed by atoms with E-state index in [4.69, 9.17) is 0 Å². The number of carbonyl (C=O) groups excluding carboxylic acids is 1. The number of nitrogens with zero attached hydrogens (tertiary/aromatic N) is 1. The molecule has 0 aromatic carbocycles. The monoisotopic (exact) mass is 235 g/mol. The smallest absolute Gasteiger partial charge is 0.242 e. The van der Waals surface area contributed by atoms with E-state index in [2.05, 4.69) is 29.5 Å². The standard InChI is InChI=1S/C13H21N3O/c1-9(2)8-15-13(17)11(4)16-12-10(3)6-5-7-14-12/h5-7,9,11H,8H2,1-4H3,(H,14,16)(H,15,17). The summed E-state index contributed by atoms with van der Waals surface area (Å²) >= 11 is 0. The quantitative estimate of drug-likeness (QED) is 0.820. The predicted molar refractivity (Wildman–Crippen MR) is 69.9 cm³/mol. The third-order valence-electron chi connectivity index (χ3n) is 2.44. The number of carbonyl (C=O) groups is 1. The Kier molecular flexibility index (Phi) is 4.94. The van der Waals surface area contributed by atoms with Crippen LogP contribution in [0.2, 0.25) is 0 Å². The SMILES string of the molecule is Cc1cccnc1NC(C)C(=O)NCC(C)C. The summed E-state index contributed by atoms with van der Waals surface area (Å²) in [7, 11) is 0. The van der Waals surface area contributed by atoms with Gasteiger partial charge in [-0.1, -0.05) is 19.9 Å². The zero-order valence-electron chi connectivity index (χ0n) is 10.9. The summed E-state index contributed by atoms with van der Waals surface area (Å²) in [5, 5.41) is 6.00. The molecule has 1 rings (SSSR count). The van der Waals surface area contributed by atoms with E-state index in [1.54, 1.807) is 6.20 Å². The van der Waals surface area contributed by atoms with Gasteiger partial charge in [-0.2, -0.15) is 0 Å². The largest absolute Gasteiger partial charge is 0.358 e. The number of pyridine rings is 1. The van der Waals surface area contributed by atoms with Crippen LogP contribution in [0, 0.1) is 12.8 Å². The molecule has 4 nitrogen and oxygen atoms in total. The van der Waals surface area contributed by atoms with E-state index in [-0.39, 0.29) is 11.9 Å². The molecule has 0 saturated carbocycles. The molecular weight excluding hydrogens is 214 g/mol. The average molecular weight is 235 g/mol. The number of hydrogen-bond acceptors (Lipinski definition) is 3. The van der Waals surface area contributed by atoms with Crippen molar-refractivity contribution in [3.8, 4) is 0 Å². The summed E-state index contributed by atoms with van der Waals surface area (Å²) in [5.41, 5.74) is 1.04. The molecule has 0 spiro atoms. The Bertz CT molecular complexity index is 377. The van der Waals surface area contributed by atoms with Gasteiger partial charge in [-0.3, -0.25) is 4.79 Å². The summed E-state index contributed by atoms with van der Waals surface area (Å²) in [4.78, 5) is 16.0. The fraction of sp³-hybridized carbons (Fsp3) is 0.538. The van der Waals surface area contributed by atoms with Gasteiger partial charge >= 0.3 is 0 Å². The van der Waals surface area contributed by atoms with Gasteiger partial charge in [-0.15, -0.1) is 0 Å². The fourth-order valence-electron chi connectivity index (χ4n) is 1.37.